The van der Waals surface area contributed by atoms with Gasteiger partial charge in [-0.1, -0.05) is 57.7 Å². The summed E-state index contributed by atoms with van der Waals surface area (Å²) in [6, 6.07) is 4.33. The molecule has 1 aromatic rings. The van der Waals surface area contributed by atoms with Crippen molar-refractivity contribution >= 4 is 5.57 Å². The first-order valence-electron chi connectivity index (χ1n) is 7.37. The molecule has 1 unspecified atom stereocenters. The second kappa shape index (κ2) is 11.2. The Morgan fingerprint density at radius 2 is 2.10 bits per heavy atom. The third-order valence-corrected chi connectivity index (χ3v) is 2.83. The molecule has 110 valence electrons. The Bertz CT molecular complexity index is 427. The lowest BCUT2D eigenvalue weighted by molar-refractivity contribution is 0.645. The molecule has 0 saturated heterocycles. The van der Waals surface area contributed by atoms with E-state index in [0.717, 1.165) is 24.1 Å². The molecule has 1 rings (SSSR count). The highest BCUT2D eigenvalue weighted by Gasteiger charge is 2.03. The molecule has 2 heteroatoms. The van der Waals surface area contributed by atoms with E-state index in [9.17, 15) is 0 Å². The van der Waals surface area contributed by atoms with Crippen LogP contribution in [0.15, 0.2) is 49.2 Å². The van der Waals surface area contributed by atoms with Gasteiger partial charge in [-0.2, -0.15) is 0 Å². The van der Waals surface area contributed by atoms with Crippen molar-refractivity contribution in [3.05, 3.63) is 60.5 Å². The van der Waals surface area contributed by atoms with Gasteiger partial charge in [0, 0.05) is 12.2 Å². The fourth-order valence-corrected chi connectivity index (χ4v) is 1.62. The molecule has 2 N–H and O–H groups in total. The van der Waals surface area contributed by atoms with Crippen LogP contribution in [0, 0.1) is 0 Å². The lowest BCUT2D eigenvalue weighted by Crippen LogP contribution is -2.21. The van der Waals surface area contributed by atoms with Crippen LogP contribution in [-0.4, -0.2) is 11.0 Å². The van der Waals surface area contributed by atoms with Gasteiger partial charge in [0.15, 0.2) is 0 Å². The highest BCUT2D eigenvalue weighted by molar-refractivity contribution is 5.72. The second-order valence-corrected chi connectivity index (χ2v) is 4.28. The van der Waals surface area contributed by atoms with Gasteiger partial charge in [0.05, 0.1) is 5.69 Å². The molecule has 0 aliphatic carbocycles. The topological polar surface area (TPSA) is 38.9 Å². The maximum Gasteiger partial charge on any atom is 0.0701 e. The molecular formula is C18H28N2. The summed E-state index contributed by atoms with van der Waals surface area (Å²) in [7, 11) is 0. The van der Waals surface area contributed by atoms with Crippen LogP contribution in [0.4, 0.5) is 0 Å². The Labute approximate surface area is 124 Å². The first-order valence-corrected chi connectivity index (χ1v) is 7.37. The van der Waals surface area contributed by atoms with Crippen molar-refractivity contribution in [2.45, 2.75) is 46.6 Å². The minimum absolute atomic E-state index is 0.218. The predicted octanol–water partition coefficient (Wildman–Crippen LogP) is 4.53. The van der Waals surface area contributed by atoms with Crippen molar-refractivity contribution < 1.29 is 0 Å². The average Bonchev–Trinajstić information content (AvgIpc) is 2.51. The molecule has 0 aromatic carbocycles. The predicted molar refractivity (Wildman–Crippen MR) is 90.5 cm³/mol. The number of nitrogens with two attached hydrogens (primary N) is 1. The minimum atomic E-state index is 0.218. The molecule has 1 atom stereocenters. The maximum absolute atomic E-state index is 5.93. The molecule has 0 amide bonds. The van der Waals surface area contributed by atoms with Crippen LogP contribution >= 0.6 is 0 Å². The SMILES string of the molecule is C=C/C(=C\C=C/C)c1ccc(CC(N)CC)cn1.CC. The number of hydrogen-bond donors (Lipinski definition) is 1. The molecule has 0 saturated carbocycles. The molecule has 1 aromatic heterocycles. The van der Waals surface area contributed by atoms with E-state index < -0.39 is 0 Å². The fourth-order valence-electron chi connectivity index (χ4n) is 1.62. The van der Waals surface area contributed by atoms with E-state index in [1.54, 1.807) is 0 Å². The first-order chi connectivity index (χ1) is 9.71. The Balaban J connectivity index is 0.00000172. The summed E-state index contributed by atoms with van der Waals surface area (Å²) in [6.07, 6.45) is 11.6. The van der Waals surface area contributed by atoms with E-state index in [1.807, 2.05) is 57.3 Å². The van der Waals surface area contributed by atoms with E-state index in [-0.39, 0.29) is 6.04 Å². The molecule has 20 heavy (non-hydrogen) atoms. The third kappa shape index (κ3) is 6.48. The van der Waals surface area contributed by atoms with Crippen molar-refractivity contribution in [1.82, 2.24) is 4.98 Å². The number of hydrogen-bond acceptors (Lipinski definition) is 2. The molecule has 1 heterocycles. The molecule has 0 bridgehead atoms. The standard InChI is InChI=1S/C16H22N2.C2H6/c1-4-7-8-14(5-2)16-10-9-13(12-18-16)11-15(17)6-3;1-2/h4-5,7-10,12,15H,2,6,11,17H2,1,3H3;1-2H3/b7-4-,14-8+;. The largest absolute Gasteiger partial charge is 0.327 e. The fraction of sp³-hybridized carbons (Fsp3) is 0.389. The van der Waals surface area contributed by atoms with Crippen molar-refractivity contribution in [2.75, 3.05) is 0 Å². The van der Waals surface area contributed by atoms with Crippen LogP contribution in [-0.2, 0) is 6.42 Å². The van der Waals surface area contributed by atoms with Crippen LogP contribution in [0.2, 0.25) is 0 Å². The highest BCUT2D eigenvalue weighted by atomic mass is 14.7. The molecular weight excluding hydrogens is 244 g/mol. The summed E-state index contributed by atoms with van der Waals surface area (Å²) < 4.78 is 0. The molecule has 2 nitrogen and oxygen atoms in total. The summed E-state index contributed by atoms with van der Waals surface area (Å²) in [5.41, 5.74) is 9.08. The third-order valence-electron chi connectivity index (χ3n) is 2.83. The average molecular weight is 272 g/mol. The zero-order valence-corrected chi connectivity index (χ0v) is 13.3. The van der Waals surface area contributed by atoms with E-state index in [0.29, 0.717) is 0 Å². The summed E-state index contributed by atoms with van der Waals surface area (Å²) in [5, 5.41) is 0. The molecule has 0 aliphatic heterocycles. The van der Waals surface area contributed by atoms with Gasteiger partial charge < -0.3 is 5.73 Å². The van der Waals surface area contributed by atoms with Crippen molar-refractivity contribution in [3.63, 3.8) is 0 Å². The first kappa shape index (κ1) is 18.3. The minimum Gasteiger partial charge on any atom is -0.327 e. The van der Waals surface area contributed by atoms with Crippen LogP contribution < -0.4 is 5.73 Å². The van der Waals surface area contributed by atoms with Crippen molar-refractivity contribution in [3.8, 4) is 0 Å². The number of nitrogens with zero attached hydrogens (tertiary/aromatic N) is 1. The van der Waals surface area contributed by atoms with Gasteiger partial charge in [0.25, 0.3) is 0 Å². The maximum atomic E-state index is 5.93. The van der Waals surface area contributed by atoms with Gasteiger partial charge in [0.2, 0.25) is 0 Å². The Kier molecular flexibility index (Phi) is 10.2. The lowest BCUT2D eigenvalue weighted by atomic mass is 10.0. The van der Waals surface area contributed by atoms with Crippen LogP contribution in [0.5, 0.6) is 0 Å². The van der Waals surface area contributed by atoms with E-state index in [1.165, 1.54) is 5.56 Å². The van der Waals surface area contributed by atoms with Crippen LogP contribution in [0.25, 0.3) is 5.57 Å². The van der Waals surface area contributed by atoms with Crippen molar-refractivity contribution in [2.24, 2.45) is 5.73 Å². The highest BCUT2D eigenvalue weighted by Crippen LogP contribution is 2.14. The van der Waals surface area contributed by atoms with Crippen molar-refractivity contribution in [1.29, 1.82) is 0 Å². The van der Waals surface area contributed by atoms with Gasteiger partial charge in [-0.3, -0.25) is 4.98 Å². The second-order valence-electron chi connectivity index (χ2n) is 4.28. The smallest absolute Gasteiger partial charge is 0.0701 e. The summed E-state index contributed by atoms with van der Waals surface area (Å²) in [5.74, 6) is 0. The number of pyridine rings is 1. The quantitative estimate of drug-likeness (QED) is 0.772. The number of aromatic nitrogens is 1. The summed E-state index contributed by atoms with van der Waals surface area (Å²) >= 11 is 0. The Hall–Kier alpha value is -1.67. The molecule has 0 fully saturated rings. The zero-order valence-electron chi connectivity index (χ0n) is 13.3. The van der Waals surface area contributed by atoms with Gasteiger partial charge in [0.1, 0.15) is 0 Å². The Morgan fingerprint density at radius 3 is 2.55 bits per heavy atom. The normalized spacial score (nSPS) is 12.8. The van der Waals surface area contributed by atoms with Gasteiger partial charge in [-0.05, 0) is 37.0 Å². The lowest BCUT2D eigenvalue weighted by Gasteiger charge is -2.08. The Morgan fingerprint density at radius 1 is 1.40 bits per heavy atom. The molecule has 0 radical (unpaired) electrons. The zero-order chi connectivity index (χ0) is 15.4. The van der Waals surface area contributed by atoms with Gasteiger partial charge >= 0.3 is 0 Å². The summed E-state index contributed by atoms with van der Waals surface area (Å²) in [6.45, 7) is 11.9. The number of rotatable bonds is 6. The molecule has 0 spiro atoms. The van der Waals surface area contributed by atoms with E-state index in [4.69, 9.17) is 5.73 Å². The van der Waals surface area contributed by atoms with E-state index >= 15 is 0 Å². The number of allylic oxidation sites excluding steroid dienone is 5. The van der Waals surface area contributed by atoms with Gasteiger partial charge in [-0.15, -0.1) is 0 Å². The van der Waals surface area contributed by atoms with Gasteiger partial charge in [-0.25, -0.2) is 0 Å². The monoisotopic (exact) mass is 272 g/mol. The summed E-state index contributed by atoms with van der Waals surface area (Å²) in [4.78, 5) is 4.46. The van der Waals surface area contributed by atoms with Crippen LogP contribution in [0.3, 0.4) is 0 Å². The van der Waals surface area contributed by atoms with Crippen LogP contribution in [0.1, 0.15) is 45.4 Å². The van der Waals surface area contributed by atoms with E-state index in [2.05, 4.69) is 24.6 Å². The molecule has 0 aliphatic rings.